The van der Waals surface area contributed by atoms with Crippen molar-refractivity contribution in [3.63, 3.8) is 0 Å². The summed E-state index contributed by atoms with van der Waals surface area (Å²) >= 11 is 4.51. The minimum absolute atomic E-state index is 0.247. The van der Waals surface area contributed by atoms with Crippen LogP contribution in [0.1, 0.15) is 5.56 Å². The lowest BCUT2D eigenvalue weighted by atomic mass is 10.1. The zero-order valence-electron chi connectivity index (χ0n) is 7.05. The zero-order valence-corrected chi connectivity index (χ0v) is 9.45. The molecule has 0 atom stereocenters. The first kappa shape index (κ1) is 9.63. The van der Waals surface area contributed by atoms with E-state index in [0.29, 0.717) is 9.17 Å². The molecule has 0 aliphatic carbocycles. The van der Waals surface area contributed by atoms with Crippen LogP contribution < -0.4 is 0 Å². The summed E-state index contributed by atoms with van der Waals surface area (Å²) in [6.07, 6.45) is 0.247. The molecule has 1 aromatic heterocycles. The van der Waals surface area contributed by atoms with E-state index < -0.39 is 0 Å². The number of fused-ring (bicyclic) bond motifs is 1. The minimum atomic E-state index is -0.254. The predicted octanol–water partition coefficient (Wildman–Crippen LogP) is 3.87. The van der Waals surface area contributed by atoms with Crippen molar-refractivity contribution in [3.8, 4) is 6.07 Å². The fraction of sp³-hybridized carbons (Fsp3) is 0.100. The Morgan fingerprint density at radius 3 is 3.00 bits per heavy atom. The maximum absolute atomic E-state index is 13.6. The van der Waals surface area contributed by atoms with E-state index in [0.717, 1.165) is 10.3 Å². The maximum Gasteiger partial charge on any atom is 0.156 e. The molecule has 1 aromatic carbocycles. The highest BCUT2D eigenvalue weighted by atomic mass is 79.9. The highest BCUT2D eigenvalue weighted by Crippen LogP contribution is 2.35. The molecule has 1 nitrogen and oxygen atoms in total. The smallest absolute Gasteiger partial charge is 0.156 e. The normalized spacial score (nSPS) is 10.4. The van der Waals surface area contributed by atoms with Gasteiger partial charge in [0.05, 0.1) is 12.5 Å². The Kier molecular flexibility index (Phi) is 2.53. The standard InChI is InChI=1S/C10H5BrFNS/c11-10-9(12)8-6(4-5-13)2-1-3-7(8)14-10/h1-3H,4H2. The van der Waals surface area contributed by atoms with Gasteiger partial charge in [-0.2, -0.15) is 5.26 Å². The first-order valence-corrected chi connectivity index (χ1v) is 5.57. The van der Waals surface area contributed by atoms with Gasteiger partial charge >= 0.3 is 0 Å². The number of nitrogens with zero attached hydrogens (tertiary/aromatic N) is 1. The molecular weight excluding hydrogens is 265 g/mol. The number of benzene rings is 1. The van der Waals surface area contributed by atoms with Crippen molar-refractivity contribution in [2.24, 2.45) is 0 Å². The molecule has 1 heterocycles. The van der Waals surface area contributed by atoms with Crippen molar-refractivity contribution in [2.75, 3.05) is 0 Å². The van der Waals surface area contributed by atoms with E-state index in [2.05, 4.69) is 15.9 Å². The van der Waals surface area contributed by atoms with Crippen molar-refractivity contribution < 1.29 is 4.39 Å². The molecule has 0 saturated heterocycles. The first-order chi connectivity index (χ1) is 6.74. The van der Waals surface area contributed by atoms with Crippen LogP contribution in [0.25, 0.3) is 10.1 Å². The molecule has 2 aromatic rings. The van der Waals surface area contributed by atoms with Gasteiger partial charge < -0.3 is 0 Å². The van der Waals surface area contributed by atoms with Gasteiger partial charge in [0.1, 0.15) is 3.79 Å². The molecule has 4 heteroatoms. The molecule has 0 aliphatic rings. The van der Waals surface area contributed by atoms with E-state index in [1.165, 1.54) is 11.3 Å². The molecule has 2 rings (SSSR count). The monoisotopic (exact) mass is 269 g/mol. The summed E-state index contributed by atoms with van der Waals surface area (Å²) in [4.78, 5) is 0. The Morgan fingerprint density at radius 2 is 2.29 bits per heavy atom. The predicted molar refractivity (Wildman–Crippen MR) is 58.8 cm³/mol. The van der Waals surface area contributed by atoms with E-state index in [1.54, 1.807) is 6.07 Å². The van der Waals surface area contributed by atoms with Crippen molar-refractivity contribution >= 4 is 37.4 Å². The molecule has 70 valence electrons. The second-order valence-corrected chi connectivity index (χ2v) is 5.19. The Labute approximate surface area is 92.9 Å². The van der Waals surface area contributed by atoms with Crippen LogP contribution in [0.5, 0.6) is 0 Å². The number of hydrogen-bond donors (Lipinski definition) is 0. The molecular formula is C10H5BrFNS. The van der Waals surface area contributed by atoms with Gasteiger partial charge in [0.25, 0.3) is 0 Å². The van der Waals surface area contributed by atoms with Gasteiger partial charge in [-0.05, 0) is 27.6 Å². The lowest BCUT2D eigenvalue weighted by molar-refractivity contribution is 0.638. The molecule has 14 heavy (non-hydrogen) atoms. The van der Waals surface area contributed by atoms with Crippen molar-refractivity contribution in [2.45, 2.75) is 6.42 Å². The average Bonchev–Trinajstić information content (AvgIpc) is 2.45. The van der Waals surface area contributed by atoms with Crippen LogP contribution in [0.2, 0.25) is 0 Å². The Hall–Kier alpha value is -0.920. The molecule has 0 fully saturated rings. The summed E-state index contributed by atoms with van der Waals surface area (Å²) in [5.41, 5.74) is 0.754. The third-order valence-electron chi connectivity index (χ3n) is 1.97. The molecule has 0 N–H and O–H groups in total. The van der Waals surface area contributed by atoms with E-state index >= 15 is 0 Å². The van der Waals surface area contributed by atoms with Crippen LogP contribution in [0.4, 0.5) is 4.39 Å². The second kappa shape index (κ2) is 3.68. The highest BCUT2D eigenvalue weighted by molar-refractivity contribution is 9.11. The van der Waals surface area contributed by atoms with Crippen LogP contribution in [0.3, 0.4) is 0 Å². The Bertz CT molecular complexity index is 527. The van der Waals surface area contributed by atoms with E-state index in [1.807, 2.05) is 18.2 Å². The highest BCUT2D eigenvalue weighted by Gasteiger charge is 2.12. The first-order valence-electron chi connectivity index (χ1n) is 3.96. The number of rotatable bonds is 1. The summed E-state index contributed by atoms with van der Waals surface area (Å²) in [6, 6.07) is 7.52. The minimum Gasteiger partial charge on any atom is -0.204 e. The fourth-order valence-electron chi connectivity index (χ4n) is 1.38. The number of hydrogen-bond acceptors (Lipinski definition) is 2. The summed E-state index contributed by atoms with van der Waals surface area (Å²) in [7, 11) is 0. The summed E-state index contributed by atoms with van der Waals surface area (Å²) < 4.78 is 15.0. The van der Waals surface area contributed by atoms with Crippen molar-refractivity contribution in [1.29, 1.82) is 5.26 Å². The third-order valence-corrected chi connectivity index (χ3v) is 3.73. The Balaban J connectivity index is 2.79. The molecule has 0 radical (unpaired) electrons. The lowest BCUT2D eigenvalue weighted by Crippen LogP contribution is -1.83. The van der Waals surface area contributed by atoms with Gasteiger partial charge in [-0.25, -0.2) is 4.39 Å². The number of halogens is 2. The second-order valence-electron chi connectivity index (χ2n) is 2.81. The molecule has 0 saturated carbocycles. The van der Waals surface area contributed by atoms with Crippen molar-refractivity contribution in [3.05, 3.63) is 33.4 Å². The van der Waals surface area contributed by atoms with Crippen LogP contribution in [-0.4, -0.2) is 0 Å². The van der Waals surface area contributed by atoms with Gasteiger partial charge in [-0.15, -0.1) is 11.3 Å². The van der Waals surface area contributed by atoms with Gasteiger partial charge in [0.15, 0.2) is 5.82 Å². The van der Waals surface area contributed by atoms with Crippen LogP contribution in [0.15, 0.2) is 22.0 Å². The summed E-state index contributed by atoms with van der Waals surface area (Å²) in [5, 5.41) is 9.17. The number of nitriles is 1. The van der Waals surface area contributed by atoms with Gasteiger partial charge in [0.2, 0.25) is 0 Å². The summed E-state index contributed by atoms with van der Waals surface area (Å²) in [5.74, 6) is -0.254. The van der Waals surface area contributed by atoms with Gasteiger partial charge in [-0.3, -0.25) is 0 Å². The number of thiophene rings is 1. The van der Waals surface area contributed by atoms with Crippen molar-refractivity contribution in [1.82, 2.24) is 0 Å². The van der Waals surface area contributed by atoms with Crippen LogP contribution in [0, 0.1) is 17.1 Å². The van der Waals surface area contributed by atoms with E-state index in [-0.39, 0.29) is 12.2 Å². The quantitative estimate of drug-likeness (QED) is 0.771. The average molecular weight is 270 g/mol. The maximum atomic E-state index is 13.6. The zero-order chi connectivity index (χ0) is 10.1. The molecule has 0 unspecified atom stereocenters. The van der Waals surface area contributed by atoms with Gasteiger partial charge in [0, 0.05) is 10.1 Å². The topological polar surface area (TPSA) is 23.8 Å². The molecule has 0 spiro atoms. The molecule has 0 bridgehead atoms. The molecule has 0 amide bonds. The van der Waals surface area contributed by atoms with Crippen LogP contribution >= 0.6 is 27.3 Å². The largest absolute Gasteiger partial charge is 0.204 e. The van der Waals surface area contributed by atoms with E-state index in [4.69, 9.17) is 5.26 Å². The van der Waals surface area contributed by atoms with E-state index in [9.17, 15) is 4.39 Å². The third kappa shape index (κ3) is 1.43. The Morgan fingerprint density at radius 1 is 1.50 bits per heavy atom. The lowest BCUT2D eigenvalue weighted by Gasteiger charge is -1.96. The summed E-state index contributed by atoms with van der Waals surface area (Å²) in [6.45, 7) is 0. The van der Waals surface area contributed by atoms with Crippen LogP contribution in [-0.2, 0) is 6.42 Å². The van der Waals surface area contributed by atoms with Gasteiger partial charge in [-0.1, -0.05) is 12.1 Å². The SMILES string of the molecule is N#CCc1cccc2sc(Br)c(F)c12. The fourth-order valence-corrected chi connectivity index (χ4v) is 2.96. The molecule has 0 aliphatic heterocycles.